The first-order valence-corrected chi connectivity index (χ1v) is 11.2. The first-order valence-electron chi connectivity index (χ1n) is 11.2. The first-order chi connectivity index (χ1) is 15.9. The van der Waals surface area contributed by atoms with Gasteiger partial charge in [-0.2, -0.15) is 0 Å². The van der Waals surface area contributed by atoms with Crippen molar-refractivity contribution in [3.63, 3.8) is 0 Å². The molecule has 0 fully saturated rings. The maximum Gasteiger partial charge on any atom is 0.278 e. The maximum atomic E-state index is 13.7. The highest BCUT2D eigenvalue weighted by Crippen LogP contribution is 2.35. The summed E-state index contributed by atoms with van der Waals surface area (Å²) in [5.41, 5.74) is 5.38. The lowest BCUT2D eigenvalue weighted by molar-refractivity contribution is -0.136. The third-order valence-electron chi connectivity index (χ3n) is 5.99. The van der Waals surface area contributed by atoms with E-state index in [-0.39, 0.29) is 24.2 Å². The fourth-order valence-corrected chi connectivity index (χ4v) is 4.32. The number of amides is 2. The van der Waals surface area contributed by atoms with Crippen LogP contribution in [0.5, 0.6) is 0 Å². The molecule has 0 aromatic heterocycles. The molecule has 4 nitrogen and oxygen atoms in total. The molecule has 168 valence electrons. The smallest absolute Gasteiger partial charge is 0.278 e. The van der Waals surface area contributed by atoms with E-state index in [1.54, 1.807) is 12.1 Å². The Morgan fingerprint density at radius 3 is 2.21 bits per heavy atom. The number of carbonyl (C=O) groups is 2. The van der Waals surface area contributed by atoms with Gasteiger partial charge in [-0.05, 0) is 68.1 Å². The van der Waals surface area contributed by atoms with Gasteiger partial charge in [0.25, 0.3) is 11.8 Å². The van der Waals surface area contributed by atoms with E-state index < -0.39 is 0 Å². The first kappa shape index (κ1) is 22.5. The number of carbonyl (C=O) groups excluding carboxylic acids is 2. The number of halogens is 1. The molecule has 4 rings (SSSR count). The molecule has 0 N–H and O–H groups in total. The summed E-state index contributed by atoms with van der Waals surface area (Å²) in [5.74, 6) is -0.907. The second kappa shape index (κ2) is 9.41. The van der Waals surface area contributed by atoms with E-state index in [1.165, 1.54) is 17.0 Å². The predicted molar refractivity (Wildman–Crippen MR) is 129 cm³/mol. The monoisotopic (exact) mass is 442 g/mol. The number of rotatable bonds is 7. The Bertz CT molecular complexity index is 1220. The van der Waals surface area contributed by atoms with Crippen LogP contribution in [0.15, 0.2) is 78.5 Å². The molecule has 0 aliphatic carbocycles. The third-order valence-corrected chi connectivity index (χ3v) is 5.99. The van der Waals surface area contributed by atoms with Crippen LogP contribution in [0.25, 0.3) is 5.57 Å². The SMILES string of the molecule is CCN(C1=C(c2ccc(C)cc2C)C(=O)N(CCc2ccc(F)cc2)C1=O)c1ccccc1. The zero-order valence-electron chi connectivity index (χ0n) is 19.1. The van der Waals surface area contributed by atoms with Crippen LogP contribution >= 0.6 is 0 Å². The number of para-hydroxylation sites is 1. The highest BCUT2D eigenvalue weighted by Gasteiger charge is 2.41. The Morgan fingerprint density at radius 2 is 1.58 bits per heavy atom. The van der Waals surface area contributed by atoms with E-state index in [9.17, 15) is 14.0 Å². The van der Waals surface area contributed by atoms with E-state index in [0.29, 0.717) is 24.2 Å². The van der Waals surface area contributed by atoms with E-state index in [4.69, 9.17) is 0 Å². The van der Waals surface area contributed by atoms with Gasteiger partial charge in [-0.1, -0.05) is 54.1 Å². The predicted octanol–water partition coefficient (Wildman–Crippen LogP) is 5.29. The summed E-state index contributed by atoms with van der Waals surface area (Å²) < 4.78 is 13.3. The number of hydrogen-bond acceptors (Lipinski definition) is 3. The van der Waals surface area contributed by atoms with Crippen molar-refractivity contribution in [1.82, 2.24) is 4.90 Å². The summed E-state index contributed by atoms with van der Waals surface area (Å²) >= 11 is 0. The molecule has 2 amide bonds. The Balaban J connectivity index is 1.76. The number of likely N-dealkylation sites (N-methyl/N-ethyl adjacent to an activating group) is 1. The Labute approximate surface area is 194 Å². The van der Waals surface area contributed by atoms with Crippen LogP contribution in [0.4, 0.5) is 10.1 Å². The lowest BCUT2D eigenvalue weighted by Crippen LogP contribution is -2.36. The molecule has 33 heavy (non-hydrogen) atoms. The molecule has 1 aliphatic rings. The van der Waals surface area contributed by atoms with Crippen LogP contribution in [0.3, 0.4) is 0 Å². The topological polar surface area (TPSA) is 40.6 Å². The number of nitrogens with zero attached hydrogens (tertiary/aromatic N) is 2. The molecule has 0 spiro atoms. The highest BCUT2D eigenvalue weighted by molar-refractivity contribution is 6.37. The number of benzene rings is 3. The zero-order chi connectivity index (χ0) is 23.5. The molecule has 5 heteroatoms. The minimum Gasteiger partial charge on any atom is -0.337 e. The van der Waals surface area contributed by atoms with Crippen LogP contribution < -0.4 is 4.90 Å². The summed E-state index contributed by atoms with van der Waals surface area (Å²) in [6, 6.07) is 21.7. The number of hydrogen-bond donors (Lipinski definition) is 0. The fourth-order valence-electron chi connectivity index (χ4n) is 4.32. The van der Waals surface area contributed by atoms with Crippen LogP contribution in [0, 0.1) is 19.7 Å². The van der Waals surface area contributed by atoms with Gasteiger partial charge in [0.05, 0.1) is 5.57 Å². The van der Waals surface area contributed by atoms with Crippen molar-refractivity contribution in [2.24, 2.45) is 0 Å². The van der Waals surface area contributed by atoms with Crippen molar-refractivity contribution in [2.45, 2.75) is 27.2 Å². The Morgan fingerprint density at radius 1 is 0.879 bits per heavy atom. The molecule has 0 bridgehead atoms. The van der Waals surface area contributed by atoms with Crippen molar-refractivity contribution in [2.75, 3.05) is 18.0 Å². The Hall–Kier alpha value is -3.73. The van der Waals surface area contributed by atoms with Gasteiger partial charge in [0.15, 0.2) is 0 Å². The standard InChI is InChI=1S/C28H27FN2O2/c1-4-30(23-8-6-5-7-9-23)26-25(24-15-10-19(2)18-20(24)3)27(32)31(28(26)33)17-16-21-11-13-22(29)14-12-21/h5-15,18H,4,16-17H2,1-3H3. The molecule has 0 saturated heterocycles. The van der Waals surface area contributed by atoms with E-state index in [1.807, 2.05) is 74.2 Å². The minimum atomic E-state index is -0.311. The fraction of sp³-hybridized carbons (Fsp3) is 0.214. The van der Waals surface area contributed by atoms with Crippen molar-refractivity contribution >= 4 is 23.1 Å². The average Bonchev–Trinajstić information content (AvgIpc) is 3.04. The number of anilines is 1. The summed E-state index contributed by atoms with van der Waals surface area (Å²) in [4.78, 5) is 30.6. The van der Waals surface area contributed by atoms with E-state index >= 15 is 0 Å². The Kier molecular flexibility index (Phi) is 6.40. The van der Waals surface area contributed by atoms with Gasteiger partial charge < -0.3 is 4.90 Å². The highest BCUT2D eigenvalue weighted by atomic mass is 19.1. The lowest BCUT2D eigenvalue weighted by Gasteiger charge is -2.25. The van der Waals surface area contributed by atoms with E-state index in [2.05, 4.69) is 0 Å². The van der Waals surface area contributed by atoms with Crippen LogP contribution in [-0.2, 0) is 16.0 Å². The molecular formula is C28H27FN2O2. The summed E-state index contributed by atoms with van der Waals surface area (Å²) in [6.45, 7) is 6.71. The maximum absolute atomic E-state index is 13.7. The quantitative estimate of drug-likeness (QED) is 0.467. The van der Waals surface area contributed by atoms with Crippen molar-refractivity contribution in [1.29, 1.82) is 0 Å². The summed E-state index contributed by atoms with van der Waals surface area (Å²) in [6.07, 6.45) is 0.461. The third kappa shape index (κ3) is 4.44. The van der Waals surface area contributed by atoms with Gasteiger partial charge in [0.2, 0.25) is 0 Å². The van der Waals surface area contributed by atoms with Crippen LogP contribution in [-0.4, -0.2) is 29.8 Å². The van der Waals surface area contributed by atoms with E-state index in [0.717, 1.165) is 27.9 Å². The average molecular weight is 443 g/mol. The number of imide groups is 1. The zero-order valence-corrected chi connectivity index (χ0v) is 19.1. The summed E-state index contributed by atoms with van der Waals surface area (Å²) in [7, 11) is 0. The van der Waals surface area contributed by atoms with Gasteiger partial charge in [-0.25, -0.2) is 4.39 Å². The molecule has 3 aromatic rings. The van der Waals surface area contributed by atoms with Crippen molar-refractivity contribution in [3.8, 4) is 0 Å². The minimum absolute atomic E-state index is 0.230. The normalized spacial score (nSPS) is 13.8. The molecule has 3 aromatic carbocycles. The number of aryl methyl sites for hydroxylation is 2. The molecular weight excluding hydrogens is 415 g/mol. The van der Waals surface area contributed by atoms with Gasteiger partial charge >= 0.3 is 0 Å². The lowest BCUT2D eigenvalue weighted by atomic mass is 9.97. The van der Waals surface area contributed by atoms with Crippen LogP contribution in [0.1, 0.15) is 29.2 Å². The molecule has 0 radical (unpaired) electrons. The largest absolute Gasteiger partial charge is 0.337 e. The second-order valence-electron chi connectivity index (χ2n) is 8.26. The van der Waals surface area contributed by atoms with Crippen molar-refractivity contribution in [3.05, 3.63) is 107 Å². The van der Waals surface area contributed by atoms with Gasteiger partial charge in [-0.15, -0.1) is 0 Å². The summed E-state index contributed by atoms with van der Waals surface area (Å²) in [5, 5.41) is 0. The molecule has 1 aliphatic heterocycles. The molecule has 0 saturated carbocycles. The molecule has 0 unspecified atom stereocenters. The van der Waals surface area contributed by atoms with Crippen LogP contribution in [0.2, 0.25) is 0 Å². The second-order valence-corrected chi connectivity index (χ2v) is 8.26. The molecule has 0 atom stereocenters. The molecule has 1 heterocycles. The van der Waals surface area contributed by atoms with Crippen molar-refractivity contribution < 1.29 is 14.0 Å². The van der Waals surface area contributed by atoms with Gasteiger partial charge in [0, 0.05) is 18.8 Å². The van der Waals surface area contributed by atoms with Gasteiger partial charge in [-0.3, -0.25) is 14.5 Å². The van der Waals surface area contributed by atoms with Gasteiger partial charge in [0.1, 0.15) is 11.5 Å².